The molecule has 3 heterocycles. The van der Waals surface area contributed by atoms with Crippen LogP contribution in [0.25, 0.3) is 27.5 Å². The van der Waals surface area contributed by atoms with E-state index in [1.807, 2.05) is 41.8 Å². The zero-order valence-corrected chi connectivity index (χ0v) is 18.7. The molecule has 0 aliphatic rings. The Bertz CT molecular complexity index is 1450. The molecule has 0 saturated carbocycles. The van der Waals surface area contributed by atoms with Gasteiger partial charge in [0.05, 0.1) is 25.0 Å². The Morgan fingerprint density at radius 2 is 1.97 bits per heavy atom. The van der Waals surface area contributed by atoms with Gasteiger partial charge in [0, 0.05) is 27.9 Å². The molecule has 0 aliphatic heterocycles. The van der Waals surface area contributed by atoms with E-state index in [1.54, 1.807) is 25.3 Å². The number of ether oxygens (including phenoxy) is 1. The smallest absolute Gasteiger partial charge is 0.269 e. The zero-order chi connectivity index (χ0) is 22.9. The number of rotatable bonds is 6. The third-order valence-electron chi connectivity index (χ3n) is 5.39. The molecule has 2 N–H and O–H groups in total. The van der Waals surface area contributed by atoms with Crippen LogP contribution in [-0.4, -0.2) is 32.6 Å². The van der Waals surface area contributed by atoms with Crippen molar-refractivity contribution in [3.05, 3.63) is 82.9 Å². The van der Waals surface area contributed by atoms with Crippen LogP contribution in [0.1, 0.15) is 21.1 Å². The van der Waals surface area contributed by atoms with Crippen molar-refractivity contribution < 1.29 is 13.9 Å². The average molecular weight is 462 g/mol. The average Bonchev–Trinajstić information content (AvgIpc) is 3.55. The summed E-state index contributed by atoms with van der Waals surface area (Å²) in [4.78, 5) is 19.1. The molecule has 5 rings (SSSR count). The molecule has 0 fully saturated rings. The van der Waals surface area contributed by atoms with Crippen LogP contribution in [0.15, 0.2) is 60.8 Å². The molecule has 7 nitrogen and oxygen atoms in total. The molecule has 0 radical (unpaired) electrons. The predicted octanol–water partition coefficient (Wildman–Crippen LogP) is 4.84. The number of benzene rings is 2. The maximum atomic E-state index is 13.2. The normalized spacial score (nSPS) is 11.1. The summed E-state index contributed by atoms with van der Waals surface area (Å²) in [5, 5.41) is 9.99. The highest BCUT2D eigenvalue weighted by Crippen LogP contribution is 2.27. The monoisotopic (exact) mass is 461 g/mol. The summed E-state index contributed by atoms with van der Waals surface area (Å²) >= 11 is 1.51. The van der Waals surface area contributed by atoms with Gasteiger partial charge in [-0.1, -0.05) is 23.5 Å². The van der Waals surface area contributed by atoms with Crippen LogP contribution < -0.4 is 10.1 Å². The van der Waals surface area contributed by atoms with E-state index in [-0.39, 0.29) is 11.7 Å². The van der Waals surface area contributed by atoms with Gasteiger partial charge in [-0.05, 0) is 49.4 Å². The van der Waals surface area contributed by atoms with E-state index in [0.717, 1.165) is 38.1 Å². The number of aryl methyl sites for hydroxylation is 1. The molecular weight excluding hydrogens is 441 g/mol. The van der Waals surface area contributed by atoms with Crippen molar-refractivity contribution in [3.8, 4) is 28.3 Å². The minimum atomic E-state index is -0.276. The summed E-state index contributed by atoms with van der Waals surface area (Å²) in [6.07, 6.45) is 1.93. The number of hydrogen-bond acceptors (Lipinski definition) is 5. The van der Waals surface area contributed by atoms with Crippen LogP contribution in [0.2, 0.25) is 0 Å². The lowest BCUT2D eigenvalue weighted by molar-refractivity contribution is 0.0946. The second kappa shape index (κ2) is 8.51. The van der Waals surface area contributed by atoms with Crippen molar-refractivity contribution in [2.75, 3.05) is 7.11 Å². The highest BCUT2D eigenvalue weighted by atomic mass is 32.1. The Labute approximate surface area is 192 Å². The number of imidazole rings is 1. The van der Waals surface area contributed by atoms with E-state index in [0.29, 0.717) is 17.9 Å². The quantitative estimate of drug-likeness (QED) is 0.379. The summed E-state index contributed by atoms with van der Waals surface area (Å²) in [6, 6.07) is 15.5. The number of nitrogens with zero attached hydrogens (tertiary/aromatic N) is 3. The van der Waals surface area contributed by atoms with Gasteiger partial charge in [-0.3, -0.25) is 14.3 Å². The molecule has 0 aliphatic carbocycles. The van der Waals surface area contributed by atoms with Crippen LogP contribution in [0.5, 0.6) is 5.75 Å². The van der Waals surface area contributed by atoms with Crippen LogP contribution in [-0.2, 0) is 6.54 Å². The van der Waals surface area contributed by atoms with Gasteiger partial charge in [-0.2, -0.15) is 5.10 Å². The van der Waals surface area contributed by atoms with Crippen molar-refractivity contribution in [2.45, 2.75) is 13.5 Å². The van der Waals surface area contributed by atoms with Crippen LogP contribution in [0, 0.1) is 12.7 Å². The van der Waals surface area contributed by atoms with Crippen LogP contribution in [0.3, 0.4) is 0 Å². The topological polar surface area (TPSA) is 84.3 Å². The molecule has 0 atom stereocenters. The number of thiazole rings is 1. The fourth-order valence-corrected chi connectivity index (χ4v) is 4.58. The van der Waals surface area contributed by atoms with E-state index >= 15 is 0 Å². The van der Waals surface area contributed by atoms with E-state index in [4.69, 9.17) is 4.74 Å². The summed E-state index contributed by atoms with van der Waals surface area (Å²) < 4.78 is 20.4. The van der Waals surface area contributed by atoms with Crippen molar-refractivity contribution in [1.82, 2.24) is 24.9 Å². The molecule has 0 bridgehead atoms. The number of halogens is 1. The maximum Gasteiger partial charge on any atom is 0.269 e. The van der Waals surface area contributed by atoms with E-state index in [2.05, 4.69) is 20.5 Å². The summed E-state index contributed by atoms with van der Waals surface area (Å²) in [5.74, 6) is 0.207. The number of methoxy groups -OCH3 is 1. The van der Waals surface area contributed by atoms with Gasteiger partial charge in [0.2, 0.25) is 0 Å². The number of fused-ring (bicyclic) bond motifs is 1. The molecule has 9 heteroatoms. The molecule has 0 unspecified atom stereocenters. The third-order valence-corrected chi connectivity index (χ3v) is 6.55. The standard InChI is InChI=1S/C24H20FN5O2S/c1-14-22(33-24-27-21(13-30(14)24)15-6-8-17(25)9-7-15)12-26-23(31)20-11-19(28-29-20)16-4-3-5-18(10-16)32-2/h3-11,13H,12H2,1-2H3,(H,26,31)(H,28,29). The van der Waals surface area contributed by atoms with Gasteiger partial charge < -0.3 is 10.1 Å². The van der Waals surface area contributed by atoms with Gasteiger partial charge in [0.1, 0.15) is 17.3 Å². The minimum absolute atomic E-state index is 0.242. The number of amides is 1. The van der Waals surface area contributed by atoms with Crippen LogP contribution >= 0.6 is 11.3 Å². The number of aromatic nitrogens is 4. The third kappa shape index (κ3) is 4.10. The lowest BCUT2D eigenvalue weighted by Gasteiger charge is -2.03. The van der Waals surface area contributed by atoms with Gasteiger partial charge in [-0.25, -0.2) is 9.37 Å². The Morgan fingerprint density at radius 1 is 1.15 bits per heavy atom. The number of carbonyl (C=O) groups excluding carboxylic acids is 1. The van der Waals surface area contributed by atoms with Gasteiger partial charge in [-0.15, -0.1) is 0 Å². The van der Waals surface area contributed by atoms with Gasteiger partial charge in [0.15, 0.2) is 4.96 Å². The maximum absolute atomic E-state index is 13.2. The van der Waals surface area contributed by atoms with E-state index in [1.165, 1.54) is 23.5 Å². The number of hydrogen-bond donors (Lipinski definition) is 2. The molecule has 1 amide bonds. The Hall–Kier alpha value is -3.98. The van der Waals surface area contributed by atoms with E-state index < -0.39 is 0 Å². The molecule has 2 aromatic carbocycles. The Kier molecular flexibility index (Phi) is 5.39. The summed E-state index contributed by atoms with van der Waals surface area (Å²) in [7, 11) is 1.61. The van der Waals surface area contributed by atoms with Crippen LogP contribution in [0.4, 0.5) is 4.39 Å². The Balaban J connectivity index is 1.29. The SMILES string of the molecule is COc1cccc(-c2cc(C(=O)NCc3sc4nc(-c5ccc(F)cc5)cn4c3C)[nH]n2)c1. The number of aromatic amines is 1. The predicted molar refractivity (Wildman–Crippen MR) is 125 cm³/mol. The lowest BCUT2D eigenvalue weighted by atomic mass is 10.1. The molecule has 33 heavy (non-hydrogen) atoms. The fourth-order valence-electron chi connectivity index (χ4n) is 3.54. The van der Waals surface area contributed by atoms with Gasteiger partial charge in [0.25, 0.3) is 5.91 Å². The van der Waals surface area contributed by atoms with Crippen molar-refractivity contribution >= 4 is 22.2 Å². The van der Waals surface area contributed by atoms with Crippen molar-refractivity contribution in [2.24, 2.45) is 0 Å². The molecule has 0 spiro atoms. The molecule has 5 aromatic rings. The highest BCUT2D eigenvalue weighted by Gasteiger charge is 2.16. The Morgan fingerprint density at radius 3 is 2.73 bits per heavy atom. The second-order valence-electron chi connectivity index (χ2n) is 7.48. The molecule has 3 aromatic heterocycles. The first-order chi connectivity index (χ1) is 16.0. The second-order valence-corrected chi connectivity index (χ2v) is 8.54. The molecule has 0 saturated heterocycles. The highest BCUT2D eigenvalue weighted by molar-refractivity contribution is 7.17. The van der Waals surface area contributed by atoms with Crippen molar-refractivity contribution in [3.63, 3.8) is 0 Å². The largest absolute Gasteiger partial charge is 0.497 e. The lowest BCUT2D eigenvalue weighted by Crippen LogP contribution is -2.23. The number of H-pyrrole nitrogens is 1. The minimum Gasteiger partial charge on any atom is -0.497 e. The van der Waals surface area contributed by atoms with Gasteiger partial charge >= 0.3 is 0 Å². The number of carbonyl (C=O) groups is 1. The first-order valence-electron chi connectivity index (χ1n) is 10.2. The zero-order valence-electron chi connectivity index (χ0n) is 17.9. The summed E-state index contributed by atoms with van der Waals surface area (Å²) in [6.45, 7) is 2.36. The molecule has 166 valence electrons. The first-order valence-corrected chi connectivity index (χ1v) is 11.0. The summed E-state index contributed by atoms with van der Waals surface area (Å²) in [5.41, 5.74) is 4.54. The first kappa shape index (κ1) is 20.9. The van der Waals surface area contributed by atoms with E-state index in [9.17, 15) is 9.18 Å². The number of nitrogens with one attached hydrogen (secondary N) is 2. The fraction of sp³-hybridized carbons (Fsp3) is 0.125. The molecular formula is C24H20FN5O2S. The van der Waals surface area contributed by atoms with Crippen molar-refractivity contribution in [1.29, 1.82) is 0 Å².